The molecule has 1 saturated heterocycles. The van der Waals surface area contributed by atoms with Gasteiger partial charge < -0.3 is 14.5 Å². The molecule has 0 radical (unpaired) electrons. The molecule has 0 bridgehead atoms. The lowest BCUT2D eigenvalue weighted by Gasteiger charge is -2.42. The van der Waals surface area contributed by atoms with Crippen molar-refractivity contribution >= 4 is 11.8 Å². The number of rotatable bonds is 8. The monoisotopic (exact) mass is 394 g/mol. The number of likely N-dealkylation sites (tertiary alicyclic amines) is 1. The van der Waals surface area contributed by atoms with Crippen molar-refractivity contribution in [2.45, 2.75) is 31.8 Å². The van der Waals surface area contributed by atoms with Crippen molar-refractivity contribution in [1.82, 2.24) is 9.80 Å². The van der Waals surface area contributed by atoms with Gasteiger partial charge in [-0.05, 0) is 24.0 Å². The number of nitrogens with zero attached hydrogens (tertiary/aromatic N) is 2. The fourth-order valence-electron chi connectivity index (χ4n) is 4.08. The molecule has 1 heterocycles. The first-order valence-electron chi connectivity index (χ1n) is 10.2. The quantitative estimate of drug-likeness (QED) is 0.642. The van der Waals surface area contributed by atoms with Gasteiger partial charge in [0.15, 0.2) is 0 Å². The van der Waals surface area contributed by atoms with Crippen LogP contribution in [-0.4, -0.2) is 48.9 Å². The van der Waals surface area contributed by atoms with Crippen molar-refractivity contribution < 1.29 is 14.3 Å². The van der Waals surface area contributed by atoms with E-state index in [1.807, 2.05) is 72.6 Å². The molecule has 2 amide bonds. The molecule has 1 aliphatic rings. The molecule has 2 atom stereocenters. The second kappa shape index (κ2) is 10.2. The van der Waals surface area contributed by atoms with E-state index in [1.54, 1.807) is 12.0 Å². The summed E-state index contributed by atoms with van der Waals surface area (Å²) in [6.07, 6.45) is 1.78. The summed E-state index contributed by atoms with van der Waals surface area (Å²) in [7, 11) is 3.51. The average Bonchev–Trinajstić information content (AvgIpc) is 2.76. The topological polar surface area (TPSA) is 49.9 Å². The van der Waals surface area contributed by atoms with Crippen molar-refractivity contribution in [3.8, 4) is 0 Å². The number of amides is 2. The molecule has 29 heavy (non-hydrogen) atoms. The standard InChI is InChI=1S/C24H30N2O3/c1-25(16-9-17-29-2)24(28)21-14-15-22(27)26(18-19-10-5-3-6-11-19)23(21)20-12-7-4-8-13-20/h3-8,10-13,21,23H,9,14-18H2,1-2H3. The fraction of sp³-hybridized carbons (Fsp3) is 0.417. The van der Waals surface area contributed by atoms with E-state index in [0.717, 1.165) is 17.5 Å². The van der Waals surface area contributed by atoms with Crippen molar-refractivity contribution in [2.24, 2.45) is 5.92 Å². The summed E-state index contributed by atoms with van der Waals surface area (Å²) in [5, 5.41) is 0. The lowest BCUT2D eigenvalue weighted by atomic mass is 9.83. The molecule has 2 unspecified atom stereocenters. The van der Waals surface area contributed by atoms with Crippen LogP contribution in [0, 0.1) is 5.92 Å². The smallest absolute Gasteiger partial charge is 0.227 e. The third-order valence-electron chi connectivity index (χ3n) is 5.58. The van der Waals surface area contributed by atoms with Gasteiger partial charge in [0, 0.05) is 40.3 Å². The molecule has 2 aromatic rings. The van der Waals surface area contributed by atoms with Crippen molar-refractivity contribution in [3.05, 3.63) is 71.8 Å². The van der Waals surface area contributed by atoms with Crippen LogP contribution in [0.1, 0.15) is 36.4 Å². The number of benzene rings is 2. The van der Waals surface area contributed by atoms with Gasteiger partial charge >= 0.3 is 0 Å². The Bertz CT molecular complexity index is 794. The maximum atomic E-state index is 13.3. The van der Waals surface area contributed by atoms with Gasteiger partial charge in [-0.25, -0.2) is 0 Å². The largest absolute Gasteiger partial charge is 0.385 e. The Balaban J connectivity index is 1.88. The zero-order valence-electron chi connectivity index (χ0n) is 17.3. The van der Waals surface area contributed by atoms with Gasteiger partial charge in [-0.3, -0.25) is 9.59 Å². The Kier molecular flexibility index (Phi) is 7.42. The zero-order valence-corrected chi connectivity index (χ0v) is 17.3. The lowest BCUT2D eigenvalue weighted by Crippen LogP contribution is -2.48. The van der Waals surface area contributed by atoms with Crippen molar-refractivity contribution in [2.75, 3.05) is 27.3 Å². The molecule has 0 aliphatic carbocycles. The molecular formula is C24H30N2O3. The van der Waals surface area contributed by atoms with E-state index in [0.29, 0.717) is 32.5 Å². The first-order valence-corrected chi connectivity index (χ1v) is 10.2. The second-order valence-corrected chi connectivity index (χ2v) is 7.61. The van der Waals surface area contributed by atoms with Gasteiger partial charge in [0.05, 0.1) is 12.0 Å². The highest BCUT2D eigenvalue weighted by Crippen LogP contribution is 2.38. The third kappa shape index (κ3) is 5.24. The summed E-state index contributed by atoms with van der Waals surface area (Å²) >= 11 is 0. The highest BCUT2D eigenvalue weighted by Gasteiger charge is 2.41. The minimum atomic E-state index is -0.255. The van der Waals surface area contributed by atoms with Crippen molar-refractivity contribution in [3.63, 3.8) is 0 Å². The Morgan fingerprint density at radius 3 is 2.41 bits per heavy atom. The first kappa shape index (κ1) is 21.1. The Morgan fingerprint density at radius 1 is 1.10 bits per heavy atom. The molecule has 1 fully saturated rings. The van der Waals surface area contributed by atoms with Gasteiger partial charge in [0.25, 0.3) is 0 Å². The third-order valence-corrected chi connectivity index (χ3v) is 5.58. The Labute approximate surface area is 173 Å². The van der Waals surface area contributed by atoms with Crippen LogP contribution < -0.4 is 0 Å². The van der Waals surface area contributed by atoms with Gasteiger partial charge in [0.2, 0.25) is 11.8 Å². The molecule has 0 saturated carbocycles. The van der Waals surface area contributed by atoms with E-state index >= 15 is 0 Å². The Morgan fingerprint density at radius 2 is 1.76 bits per heavy atom. The van der Waals surface area contributed by atoms with E-state index < -0.39 is 0 Å². The van der Waals surface area contributed by atoms with Gasteiger partial charge in [-0.15, -0.1) is 0 Å². The zero-order chi connectivity index (χ0) is 20.6. The Hall–Kier alpha value is -2.66. The normalized spacial score (nSPS) is 19.2. The van der Waals surface area contributed by atoms with Crippen LogP contribution in [0.25, 0.3) is 0 Å². The van der Waals surface area contributed by atoms with Crippen LogP contribution in [0.5, 0.6) is 0 Å². The summed E-state index contributed by atoms with van der Waals surface area (Å²) in [6, 6.07) is 19.7. The molecule has 0 spiro atoms. The summed E-state index contributed by atoms with van der Waals surface area (Å²) in [5.41, 5.74) is 2.09. The van der Waals surface area contributed by atoms with E-state index in [1.165, 1.54) is 0 Å². The lowest BCUT2D eigenvalue weighted by molar-refractivity contribution is -0.148. The van der Waals surface area contributed by atoms with E-state index in [9.17, 15) is 9.59 Å². The highest BCUT2D eigenvalue weighted by molar-refractivity contribution is 5.85. The molecule has 154 valence electrons. The number of hydrogen-bond donors (Lipinski definition) is 0. The van der Waals surface area contributed by atoms with Crippen molar-refractivity contribution in [1.29, 1.82) is 0 Å². The number of hydrogen-bond acceptors (Lipinski definition) is 3. The minimum Gasteiger partial charge on any atom is -0.385 e. The van der Waals surface area contributed by atoms with Crippen LogP contribution in [-0.2, 0) is 20.9 Å². The summed E-state index contributed by atoms with van der Waals surface area (Å²) in [6.45, 7) is 1.79. The van der Waals surface area contributed by atoms with E-state index in [4.69, 9.17) is 4.74 Å². The molecule has 0 N–H and O–H groups in total. The maximum Gasteiger partial charge on any atom is 0.227 e. The predicted octanol–water partition coefficient (Wildman–Crippen LogP) is 3.66. The molecule has 5 heteroatoms. The van der Waals surface area contributed by atoms with Crippen LogP contribution >= 0.6 is 0 Å². The molecule has 1 aliphatic heterocycles. The van der Waals surface area contributed by atoms with Gasteiger partial charge in [-0.2, -0.15) is 0 Å². The molecular weight excluding hydrogens is 364 g/mol. The van der Waals surface area contributed by atoms with Gasteiger partial charge in [0.1, 0.15) is 0 Å². The predicted molar refractivity (Wildman–Crippen MR) is 113 cm³/mol. The van der Waals surface area contributed by atoms with E-state index in [2.05, 4.69) is 0 Å². The number of piperidine rings is 1. The summed E-state index contributed by atoms with van der Waals surface area (Å²) in [5.74, 6) is -0.0410. The van der Waals surface area contributed by atoms with Crippen LogP contribution in [0.4, 0.5) is 0 Å². The fourth-order valence-corrected chi connectivity index (χ4v) is 4.08. The average molecular weight is 395 g/mol. The summed E-state index contributed by atoms with van der Waals surface area (Å²) in [4.78, 5) is 29.9. The van der Waals surface area contributed by atoms with Crippen LogP contribution in [0.2, 0.25) is 0 Å². The maximum absolute atomic E-state index is 13.3. The SMILES string of the molecule is COCCCN(C)C(=O)C1CCC(=O)N(Cc2ccccc2)C1c1ccccc1. The molecule has 0 aromatic heterocycles. The van der Waals surface area contributed by atoms with Crippen LogP contribution in [0.15, 0.2) is 60.7 Å². The second-order valence-electron chi connectivity index (χ2n) is 7.61. The summed E-state index contributed by atoms with van der Waals surface area (Å²) < 4.78 is 5.11. The first-order chi connectivity index (χ1) is 14.1. The number of carbonyl (C=O) groups excluding carboxylic acids is 2. The minimum absolute atomic E-state index is 0.0977. The number of carbonyl (C=O) groups is 2. The molecule has 5 nitrogen and oxygen atoms in total. The number of ether oxygens (including phenoxy) is 1. The molecule has 2 aromatic carbocycles. The highest BCUT2D eigenvalue weighted by atomic mass is 16.5. The van der Waals surface area contributed by atoms with Crippen LogP contribution in [0.3, 0.4) is 0 Å². The molecule has 3 rings (SSSR count). The number of methoxy groups -OCH3 is 1. The van der Waals surface area contributed by atoms with Gasteiger partial charge in [-0.1, -0.05) is 60.7 Å². The van der Waals surface area contributed by atoms with E-state index in [-0.39, 0.29) is 23.8 Å².